The first-order valence-corrected chi connectivity index (χ1v) is 10.8. The van der Waals surface area contributed by atoms with Gasteiger partial charge in [0.15, 0.2) is 0 Å². The fourth-order valence-electron chi connectivity index (χ4n) is 3.67. The summed E-state index contributed by atoms with van der Waals surface area (Å²) >= 11 is 1.78. The number of nitrogens with zero attached hydrogens (tertiary/aromatic N) is 4. The highest BCUT2D eigenvalue weighted by molar-refractivity contribution is 7.18. The SMILES string of the molecule is CCN(Cc1ccccc1)c1nc(CN2CCOCC2)nc2sc(C)c(C)c12. The normalized spacial score (nSPS) is 15.2. The topological polar surface area (TPSA) is 41.5 Å². The minimum absolute atomic E-state index is 0.783. The molecule has 28 heavy (non-hydrogen) atoms. The molecule has 5 nitrogen and oxygen atoms in total. The number of anilines is 1. The molecule has 0 spiro atoms. The van der Waals surface area contributed by atoms with E-state index in [4.69, 9.17) is 14.7 Å². The van der Waals surface area contributed by atoms with Gasteiger partial charge < -0.3 is 9.64 Å². The molecule has 148 valence electrons. The summed E-state index contributed by atoms with van der Waals surface area (Å²) in [7, 11) is 0. The van der Waals surface area contributed by atoms with Crippen LogP contribution in [0.4, 0.5) is 5.82 Å². The molecule has 0 aliphatic carbocycles. The molecule has 0 amide bonds. The van der Waals surface area contributed by atoms with E-state index in [1.54, 1.807) is 11.3 Å². The van der Waals surface area contributed by atoms with Crippen LogP contribution in [0.5, 0.6) is 0 Å². The molecule has 0 saturated carbocycles. The number of fused-ring (bicyclic) bond motifs is 1. The number of morpholine rings is 1. The number of aromatic nitrogens is 2. The highest BCUT2D eigenvalue weighted by Crippen LogP contribution is 2.35. The van der Waals surface area contributed by atoms with Gasteiger partial charge in [-0.1, -0.05) is 30.3 Å². The van der Waals surface area contributed by atoms with Gasteiger partial charge in [-0.05, 0) is 31.9 Å². The highest BCUT2D eigenvalue weighted by Gasteiger charge is 2.20. The van der Waals surface area contributed by atoms with Crippen molar-refractivity contribution in [2.75, 3.05) is 37.7 Å². The predicted molar refractivity (Wildman–Crippen MR) is 116 cm³/mol. The smallest absolute Gasteiger partial charge is 0.146 e. The maximum Gasteiger partial charge on any atom is 0.146 e. The van der Waals surface area contributed by atoms with Gasteiger partial charge in [-0.3, -0.25) is 4.90 Å². The van der Waals surface area contributed by atoms with Gasteiger partial charge >= 0.3 is 0 Å². The Morgan fingerprint density at radius 2 is 1.86 bits per heavy atom. The number of thiophene rings is 1. The van der Waals surface area contributed by atoms with Crippen molar-refractivity contribution in [3.8, 4) is 0 Å². The second kappa shape index (κ2) is 8.55. The van der Waals surface area contributed by atoms with E-state index in [0.717, 1.165) is 62.4 Å². The van der Waals surface area contributed by atoms with E-state index in [1.807, 2.05) is 0 Å². The van der Waals surface area contributed by atoms with E-state index < -0.39 is 0 Å². The maximum atomic E-state index is 5.48. The molecular weight excluding hydrogens is 368 g/mol. The van der Waals surface area contributed by atoms with E-state index in [0.29, 0.717) is 0 Å². The monoisotopic (exact) mass is 396 g/mol. The molecule has 1 aromatic carbocycles. The molecule has 1 aliphatic heterocycles. The zero-order chi connectivity index (χ0) is 19.5. The largest absolute Gasteiger partial charge is 0.379 e. The van der Waals surface area contributed by atoms with Gasteiger partial charge in [0.1, 0.15) is 16.5 Å². The van der Waals surface area contributed by atoms with Gasteiger partial charge in [-0.25, -0.2) is 9.97 Å². The Morgan fingerprint density at radius 3 is 2.57 bits per heavy atom. The van der Waals surface area contributed by atoms with Crippen LogP contribution in [0.1, 0.15) is 28.8 Å². The summed E-state index contributed by atoms with van der Waals surface area (Å²) in [5, 5.41) is 1.21. The second-order valence-electron chi connectivity index (χ2n) is 7.32. The lowest BCUT2D eigenvalue weighted by molar-refractivity contribution is 0.0331. The summed E-state index contributed by atoms with van der Waals surface area (Å²) < 4.78 is 5.48. The summed E-state index contributed by atoms with van der Waals surface area (Å²) in [6.45, 7) is 12.6. The molecule has 3 aromatic rings. The molecule has 0 atom stereocenters. The van der Waals surface area contributed by atoms with Crippen molar-refractivity contribution < 1.29 is 4.74 Å². The molecular formula is C22H28N4OS. The Kier molecular flexibility index (Phi) is 5.90. The van der Waals surface area contributed by atoms with E-state index in [1.165, 1.54) is 21.4 Å². The molecule has 3 heterocycles. The van der Waals surface area contributed by atoms with Gasteiger partial charge in [-0.15, -0.1) is 11.3 Å². The third-order valence-corrected chi connectivity index (χ3v) is 6.52. The van der Waals surface area contributed by atoms with E-state index >= 15 is 0 Å². The molecule has 0 bridgehead atoms. The van der Waals surface area contributed by atoms with Crippen LogP contribution in [0.3, 0.4) is 0 Å². The van der Waals surface area contributed by atoms with Crippen molar-refractivity contribution in [1.29, 1.82) is 0 Å². The van der Waals surface area contributed by atoms with Crippen molar-refractivity contribution in [2.24, 2.45) is 0 Å². The van der Waals surface area contributed by atoms with E-state index in [2.05, 4.69) is 60.9 Å². The number of benzene rings is 1. The summed E-state index contributed by atoms with van der Waals surface area (Å²) in [5.41, 5.74) is 2.61. The number of hydrogen-bond donors (Lipinski definition) is 0. The number of aryl methyl sites for hydroxylation is 2. The molecule has 6 heteroatoms. The molecule has 0 N–H and O–H groups in total. The lowest BCUT2D eigenvalue weighted by Gasteiger charge is -2.27. The molecule has 0 radical (unpaired) electrons. The Bertz CT molecular complexity index is 935. The van der Waals surface area contributed by atoms with Crippen LogP contribution in [-0.2, 0) is 17.8 Å². The third-order valence-electron chi connectivity index (χ3n) is 5.42. The van der Waals surface area contributed by atoms with Crippen LogP contribution < -0.4 is 4.90 Å². The fourth-order valence-corrected chi connectivity index (χ4v) is 4.71. The van der Waals surface area contributed by atoms with Gasteiger partial charge in [0.05, 0.1) is 25.1 Å². The van der Waals surface area contributed by atoms with Crippen molar-refractivity contribution in [3.63, 3.8) is 0 Å². The zero-order valence-electron chi connectivity index (χ0n) is 16.9. The number of ether oxygens (including phenoxy) is 1. The molecule has 1 fully saturated rings. The Balaban J connectivity index is 1.73. The minimum Gasteiger partial charge on any atom is -0.379 e. The molecule has 2 aromatic heterocycles. The predicted octanol–water partition coefficient (Wildman–Crippen LogP) is 4.17. The van der Waals surface area contributed by atoms with Gasteiger partial charge in [0, 0.05) is 31.1 Å². The van der Waals surface area contributed by atoms with Gasteiger partial charge in [0.25, 0.3) is 0 Å². The van der Waals surface area contributed by atoms with Crippen molar-refractivity contribution in [1.82, 2.24) is 14.9 Å². The quantitative estimate of drug-likeness (QED) is 0.626. The Hall–Kier alpha value is -2.02. The zero-order valence-corrected chi connectivity index (χ0v) is 17.8. The van der Waals surface area contributed by atoms with Gasteiger partial charge in [-0.2, -0.15) is 0 Å². The Labute approximate surface area is 171 Å². The molecule has 1 aliphatic rings. The maximum absolute atomic E-state index is 5.48. The fraction of sp³-hybridized carbons (Fsp3) is 0.455. The van der Waals surface area contributed by atoms with Crippen LogP contribution >= 0.6 is 11.3 Å². The van der Waals surface area contributed by atoms with Gasteiger partial charge in [0.2, 0.25) is 0 Å². The third kappa shape index (κ3) is 4.04. The van der Waals surface area contributed by atoms with Crippen LogP contribution in [0.2, 0.25) is 0 Å². The summed E-state index contributed by atoms with van der Waals surface area (Å²) in [4.78, 5) is 17.2. The standard InChI is InChI=1S/C22H28N4OS/c1-4-26(14-18-8-6-5-7-9-18)21-20-16(2)17(3)28-22(20)24-19(23-21)15-25-10-12-27-13-11-25/h5-9H,4,10-15H2,1-3H3. The Morgan fingerprint density at radius 1 is 1.11 bits per heavy atom. The van der Waals surface area contributed by atoms with E-state index in [-0.39, 0.29) is 0 Å². The molecule has 4 rings (SSSR count). The first-order valence-electron chi connectivity index (χ1n) is 10.0. The first kappa shape index (κ1) is 19.3. The average Bonchev–Trinajstić information content (AvgIpc) is 3.01. The van der Waals surface area contributed by atoms with Crippen molar-refractivity contribution in [3.05, 3.63) is 52.2 Å². The molecule has 0 unspecified atom stereocenters. The first-order chi connectivity index (χ1) is 13.7. The van der Waals surface area contributed by atoms with Crippen LogP contribution in [0, 0.1) is 13.8 Å². The summed E-state index contributed by atoms with van der Waals surface area (Å²) in [5.74, 6) is 1.98. The minimum atomic E-state index is 0.783. The summed E-state index contributed by atoms with van der Waals surface area (Å²) in [6, 6.07) is 10.6. The lowest BCUT2D eigenvalue weighted by Crippen LogP contribution is -2.36. The summed E-state index contributed by atoms with van der Waals surface area (Å²) in [6.07, 6.45) is 0. The number of rotatable bonds is 6. The van der Waals surface area contributed by atoms with Crippen LogP contribution in [0.25, 0.3) is 10.2 Å². The average molecular weight is 397 g/mol. The van der Waals surface area contributed by atoms with Crippen molar-refractivity contribution in [2.45, 2.75) is 33.9 Å². The lowest BCUT2D eigenvalue weighted by atomic mass is 10.1. The molecule has 1 saturated heterocycles. The van der Waals surface area contributed by atoms with Crippen molar-refractivity contribution >= 4 is 27.4 Å². The second-order valence-corrected chi connectivity index (χ2v) is 8.52. The van der Waals surface area contributed by atoms with E-state index in [9.17, 15) is 0 Å². The highest BCUT2D eigenvalue weighted by atomic mass is 32.1. The van der Waals surface area contributed by atoms with Crippen LogP contribution in [0.15, 0.2) is 30.3 Å². The number of hydrogen-bond acceptors (Lipinski definition) is 6. The van der Waals surface area contributed by atoms with Crippen LogP contribution in [-0.4, -0.2) is 47.7 Å².